The minimum Gasteiger partial charge on any atom is -0.396 e. The quantitative estimate of drug-likeness (QED) is 0.715. The summed E-state index contributed by atoms with van der Waals surface area (Å²) >= 11 is 0. The van der Waals surface area contributed by atoms with Crippen molar-refractivity contribution in [3.05, 3.63) is 11.9 Å². The zero-order valence-corrected chi connectivity index (χ0v) is 12.6. The van der Waals surface area contributed by atoms with Gasteiger partial charge in [0.2, 0.25) is 0 Å². The molecule has 0 aromatic carbocycles. The Morgan fingerprint density at radius 3 is 2.45 bits per heavy atom. The van der Waals surface area contributed by atoms with E-state index in [0.717, 1.165) is 49.8 Å². The van der Waals surface area contributed by atoms with Crippen molar-refractivity contribution >= 4 is 11.6 Å². The maximum absolute atomic E-state index is 9.63. The predicted octanol–water partition coefficient (Wildman–Crippen LogP) is 2.57. The Balaban J connectivity index is 1.99. The molecule has 112 valence electrons. The Labute approximate surface area is 121 Å². The first-order chi connectivity index (χ1) is 9.67. The van der Waals surface area contributed by atoms with Crippen molar-refractivity contribution in [3.63, 3.8) is 0 Å². The van der Waals surface area contributed by atoms with E-state index < -0.39 is 0 Å². The third-order valence-corrected chi connectivity index (χ3v) is 4.04. The van der Waals surface area contributed by atoms with Crippen molar-refractivity contribution in [2.45, 2.75) is 46.0 Å². The highest BCUT2D eigenvalue weighted by atomic mass is 16.3. The van der Waals surface area contributed by atoms with E-state index in [1.54, 1.807) is 0 Å². The van der Waals surface area contributed by atoms with Crippen LogP contribution in [-0.4, -0.2) is 34.8 Å². The van der Waals surface area contributed by atoms with Gasteiger partial charge >= 0.3 is 0 Å². The van der Waals surface area contributed by atoms with Gasteiger partial charge in [0.25, 0.3) is 0 Å². The molecule has 1 aliphatic rings. The summed E-state index contributed by atoms with van der Waals surface area (Å²) in [6, 6.07) is 1.95. The number of nitrogens with zero attached hydrogens (tertiary/aromatic N) is 2. The van der Waals surface area contributed by atoms with Gasteiger partial charge in [-0.2, -0.15) is 0 Å². The Morgan fingerprint density at radius 1 is 1.20 bits per heavy atom. The van der Waals surface area contributed by atoms with Crippen LogP contribution in [0, 0.1) is 12.3 Å². The van der Waals surface area contributed by atoms with Gasteiger partial charge in [0.05, 0.1) is 6.61 Å². The van der Waals surface area contributed by atoms with E-state index in [-0.39, 0.29) is 12.0 Å². The second-order valence-electron chi connectivity index (χ2n) is 5.83. The molecule has 1 heterocycles. The van der Waals surface area contributed by atoms with Gasteiger partial charge in [-0.05, 0) is 26.2 Å². The molecule has 0 amide bonds. The highest BCUT2D eigenvalue weighted by Crippen LogP contribution is 2.37. The number of aromatic nitrogens is 2. The molecule has 0 unspecified atom stereocenters. The monoisotopic (exact) mass is 278 g/mol. The largest absolute Gasteiger partial charge is 0.396 e. The minimum atomic E-state index is 0.0376. The van der Waals surface area contributed by atoms with Crippen LogP contribution in [0.2, 0.25) is 0 Å². The second kappa shape index (κ2) is 6.88. The fraction of sp³-hybridized carbons (Fsp3) is 0.733. The first-order valence-electron chi connectivity index (χ1n) is 7.62. The average Bonchev–Trinajstić information content (AvgIpc) is 2.92. The predicted molar refractivity (Wildman–Crippen MR) is 82.0 cm³/mol. The molecular formula is C15H26N4O. The van der Waals surface area contributed by atoms with Crippen molar-refractivity contribution in [1.29, 1.82) is 0 Å². The molecule has 1 saturated carbocycles. The summed E-state index contributed by atoms with van der Waals surface area (Å²) in [6.07, 6.45) is 5.70. The lowest BCUT2D eigenvalue weighted by Crippen LogP contribution is -2.30. The van der Waals surface area contributed by atoms with Crippen LogP contribution in [0.5, 0.6) is 0 Å². The lowest BCUT2D eigenvalue weighted by Gasteiger charge is -2.27. The molecule has 3 N–H and O–H groups in total. The Morgan fingerprint density at radius 2 is 1.85 bits per heavy atom. The van der Waals surface area contributed by atoms with E-state index >= 15 is 0 Å². The molecular weight excluding hydrogens is 252 g/mol. The molecule has 2 rings (SSSR count). The molecule has 0 aliphatic heterocycles. The molecule has 0 spiro atoms. The van der Waals surface area contributed by atoms with Crippen molar-refractivity contribution < 1.29 is 5.11 Å². The molecule has 0 radical (unpaired) electrons. The number of aliphatic hydroxyl groups excluding tert-OH is 1. The summed E-state index contributed by atoms with van der Waals surface area (Å²) in [7, 11) is 0. The molecule has 1 aromatic rings. The van der Waals surface area contributed by atoms with Crippen molar-refractivity contribution in [3.8, 4) is 0 Å². The van der Waals surface area contributed by atoms with Crippen molar-refractivity contribution in [1.82, 2.24) is 9.97 Å². The smallest absolute Gasteiger partial charge is 0.131 e. The molecule has 5 heteroatoms. The fourth-order valence-electron chi connectivity index (χ4n) is 2.80. The fourth-order valence-corrected chi connectivity index (χ4v) is 2.80. The van der Waals surface area contributed by atoms with E-state index in [4.69, 9.17) is 0 Å². The summed E-state index contributed by atoms with van der Waals surface area (Å²) < 4.78 is 0. The third kappa shape index (κ3) is 3.82. The van der Waals surface area contributed by atoms with Crippen molar-refractivity contribution in [2.75, 3.05) is 30.3 Å². The number of aliphatic hydroxyl groups is 1. The van der Waals surface area contributed by atoms with E-state index in [1.807, 2.05) is 13.0 Å². The van der Waals surface area contributed by atoms with Gasteiger partial charge in [0.15, 0.2) is 0 Å². The minimum absolute atomic E-state index is 0.0376. The van der Waals surface area contributed by atoms with Gasteiger partial charge < -0.3 is 15.7 Å². The van der Waals surface area contributed by atoms with Gasteiger partial charge in [-0.15, -0.1) is 0 Å². The van der Waals surface area contributed by atoms with Gasteiger partial charge in [-0.1, -0.05) is 19.8 Å². The molecule has 0 saturated heterocycles. The lowest BCUT2D eigenvalue weighted by molar-refractivity contribution is 0.142. The van der Waals surface area contributed by atoms with Gasteiger partial charge in [-0.25, -0.2) is 9.97 Å². The Hall–Kier alpha value is -1.36. The second-order valence-corrected chi connectivity index (χ2v) is 5.83. The molecule has 1 aromatic heterocycles. The summed E-state index contributed by atoms with van der Waals surface area (Å²) in [5, 5.41) is 16.3. The topological polar surface area (TPSA) is 70.1 Å². The summed E-state index contributed by atoms with van der Waals surface area (Å²) in [4.78, 5) is 8.80. The third-order valence-electron chi connectivity index (χ3n) is 4.04. The van der Waals surface area contributed by atoms with Crippen LogP contribution in [0.15, 0.2) is 6.07 Å². The van der Waals surface area contributed by atoms with Crippen LogP contribution in [-0.2, 0) is 0 Å². The van der Waals surface area contributed by atoms with Gasteiger partial charge in [0, 0.05) is 24.6 Å². The van der Waals surface area contributed by atoms with Crippen LogP contribution >= 0.6 is 0 Å². The van der Waals surface area contributed by atoms with Crippen LogP contribution < -0.4 is 10.6 Å². The maximum Gasteiger partial charge on any atom is 0.131 e. The molecule has 0 atom stereocenters. The summed E-state index contributed by atoms with van der Waals surface area (Å²) in [6.45, 7) is 5.99. The van der Waals surface area contributed by atoms with E-state index in [0.29, 0.717) is 0 Å². The number of aryl methyl sites for hydroxylation is 1. The first kappa shape index (κ1) is 15.0. The number of hydrogen-bond acceptors (Lipinski definition) is 5. The van der Waals surface area contributed by atoms with Crippen LogP contribution in [0.25, 0.3) is 0 Å². The zero-order valence-electron chi connectivity index (χ0n) is 12.6. The SMILES string of the molecule is CCCNc1cc(NCC2(CO)CCCC2)nc(C)n1. The Bertz CT molecular complexity index is 430. The number of rotatable bonds is 7. The van der Waals surface area contributed by atoms with E-state index in [1.165, 1.54) is 12.8 Å². The average molecular weight is 278 g/mol. The van der Waals surface area contributed by atoms with Crippen LogP contribution in [0.1, 0.15) is 44.9 Å². The van der Waals surface area contributed by atoms with E-state index in [2.05, 4.69) is 27.5 Å². The number of hydrogen-bond donors (Lipinski definition) is 3. The van der Waals surface area contributed by atoms with Gasteiger partial charge in [-0.3, -0.25) is 0 Å². The van der Waals surface area contributed by atoms with Crippen molar-refractivity contribution in [2.24, 2.45) is 5.41 Å². The first-order valence-corrected chi connectivity index (χ1v) is 7.62. The van der Waals surface area contributed by atoms with Gasteiger partial charge in [0.1, 0.15) is 17.5 Å². The number of anilines is 2. The standard InChI is InChI=1S/C15H26N4O/c1-3-8-16-13-9-14(19-12(2)18-13)17-10-15(11-20)6-4-5-7-15/h9,20H,3-8,10-11H2,1-2H3,(H2,16,17,18,19). The molecule has 1 fully saturated rings. The number of nitrogens with one attached hydrogen (secondary N) is 2. The molecule has 1 aliphatic carbocycles. The maximum atomic E-state index is 9.63. The Kier molecular flexibility index (Phi) is 5.17. The summed E-state index contributed by atoms with van der Waals surface area (Å²) in [5.41, 5.74) is 0.0376. The summed E-state index contributed by atoms with van der Waals surface area (Å²) in [5.74, 6) is 2.47. The lowest BCUT2D eigenvalue weighted by atomic mass is 9.87. The zero-order chi connectivity index (χ0) is 14.4. The molecule has 20 heavy (non-hydrogen) atoms. The highest BCUT2D eigenvalue weighted by molar-refractivity contribution is 5.47. The molecule has 0 bridgehead atoms. The highest BCUT2D eigenvalue weighted by Gasteiger charge is 2.32. The van der Waals surface area contributed by atoms with E-state index in [9.17, 15) is 5.11 Å². The van der Waals surface area contributed by atoms with Crippen LogP contribution in [0.4, 0.5) is 11.6 Å². The molecule has 5 nitrogen and oxygen atoms in total. The van der Waals surface area contributed by atoms with Crippen LogP contribution in [0.3, 0.4) is 0 Å². The normalized spacial score (nSPS) is 17.1.